The fourth-order valence-electron chi connectivity index (χ4n) is 8.99. The Morgan fingerprint density at radius 2 is 0.865 bits per heavy atom. The van der Waals surface area contributed by atoms with Crippen molar-refractivity contribution in [1.82, 2.24) is 34.6 Å². The molecule has 13 heteroatoms. The monoisotopic (exact) mass is 1010 g/mol. The van der Waals surface area contributed by atoms with Crippen molar-refractivity contribution in [3.05, 3.63) is 158 Å². The lowest BCUT2D eigenvalue weighted by Gasteiger charge is -2.20. The number of rotatable bonds is 25. The molecule has 0 spiro atoms. The lowest BCUT2D eigenvalue weighted by Crippen LogP contribution is -2.27. The molecule has 0 saturated heterocycles. The standard InChI is InChI=1S/C17H26N2O.C17H22N2O.C15H20N2O.C12H14N2O2/c2*1-4-9-19(10-5-2)11-8-14-13-18-17-7-6-15(20-3)12-16(14)17;1-4-8-17(2)9-7-12-11-16-15-6-5-13(18-3)10-14(12)15;1-8(15)16-10-2-3-12-11(6-10)9(4-5-13)7-14-12/h6-7,12-13,18H,4-5,8-11H2,1-3H3;4-7,12-13,18H,1-2,8-11H2,3H3;4-6,10-11,16H,1,7-9H2,2-3H3;2-3,6-7,14H,4-5,13H2,1H3. The fraction of sp³-hybridized carbons (Fsp3) is 0.361. The number of ether oxygens (including phenoxy) is 4. The predicted molar refractivity (Wildman–Crippen MR) is 310 cm³/mol. The van der Waals surface area contributed by atoms with Crippen molar-refractivity contribution >= 4 is 49.6 Å². The minimum Gasteiger partial charge on any atom is -0.497 e. The SMILES string of the molecule is C=CCN(C)CCc1c[nH]c2ccc(OC)cc12.C=CCN(CC=C)CCc1c[nH]c2ccc(OC)cc12.CC(=O)Oc1ccc2[nH]cc(CCN)c2c1.CCCN(CCC)CCc1c[nH]c2ccc(OC)cc12. The van der Waals surface area contributed by atoms with Gasteiger partial charge in [0.25, 0.3) is 0 Å². The predicted octanol–water partition coefficient (Wildman–Crippen LogP) is 11.7. The number of fused-ring (bicyclic) bond motifs is 4. The second-order valence-corrected chi connectivity index (χ2v) is 18.3. The van der Waals surface area contributed by atoms with Crippen LogP contribution in [0.25, 0.3) is 43.6 Å². The zero-order chi connectivity index (χ0) is 53.2. The molecule has 8 aromatic rings. The molecule has 0 fully saturated rings. The van der Waals surface area contributed by atoms with E-state index in [0.29, 0.717) is 12.3 Å². The number of aromatic nitrogens is 4. The van der Waals surface area contributed by atoms with Gasteiger partial charge in [0, 0.05) is 115 Å². The summed E-state index contributed by atoms with van der Waals surface area (Å²) in [5.74, 6) is 2.99. The molecule has 6 N–H and O–H groups in total. The van der Waals surface area contributed by atoms with Gasteiger partial charge in [-0.1, -0.05) is 32.1 Å². The van der Waals surface area contributed by atoms with Crippen molar-refractivity contribution in [3.63, 3.8) is 0 Å². The quantitative estimate of drug-likeness (QED) is 0.0214. The molecular formula is C61H82N8O5. The van der Waals surface area contributed by atoms with Crippen LogP contribution in [0.4, 0.5) is 0 Å². The van der Waals surface area contributed by atoms with Gasteiger partial charge in [0.05, 0.1) is 21.3 Å². The summed E-state index contributed by atoms with van der Waals surface area (Å²) in [6.07, 6.45) is 20.4. The zero-order valence-corrected chi connectivity index (χ0v) is 45.2. The normalized spacial score (nSPS) is 11.0. The van der Waals surface area contributed by atoms with Gasteiger partial charge in [0.1, 0.15) is 23.0 Å². The van der Waals surface area contributed by atoms with Gasteiger partial charge >= 0.3 is 5.97 Å². The summed E-state index contributed by atoms with van der Waals surface area (Å²) in [5.41, 5.74) is 15.2. The second-order valence-electron chi connectivity index (χ2n) is 18.3. The van der Waals surface area contributed by atoms with E-state index in [1.54, 1.807) is 27.4 Å². The van der Waals surface area contributed by atoms with Gasteiger partial charge < -0.3 is 54.4 Å². The first-order valence-corrected chi connectivity index (χ1v) is 25.9. The Morgan fingerprint density at radius 3 is 1.22 bits per heavy atom. The van der Waals surface area contributed by atoms with Crippen LogP contribution in [0.1, 0.15) is 55.9 Å². The highest BCUT2D eigenvalue weighted by Crippen LogP contribution is 2.27. The number of esters is 1. The maximum Gasteiger partial charge on any atom is 0.308 e. The number of hydrogen-bond donors (Lipinski definition) is 5. The van der Waals surface area contributed by atoms with Gasteiger partial charge in [-0.2, -0.15) is 0 Å². The molecule has 0 aliphatic heterocycles. The van der Waals surface area contributed by atoms with Gasteiger partial charge in [0.2, 0.25) is 0 Å². The Bertz CT molecular complexity index is 2950. The van der Waals surface area contributed by atoms with Crippen molar-refractivity contribution in [1.29, 1.82) is 0 Å². The van der Waals surface area contributed by atoms with Crippen molar-refractivity contribution in [2.45, 2.75) is 59.3 Å². The fourth-order valence-corrected chi connectivity index (χ4v) is 8.99. The van der Waals surface area contributed by atoms with Crippen molar-refractivity contribution < 1.29 is 23.7 Å². The molecule has 0 saturated carbocycles. The Morgan fingerprint density at radius 1 is 0.514 bits per heavy atom. The third-order valence-electron chi connectivity index (χ3n) is 12.8. The van der Waals surface area contributed by atoms with E-state index in [1.165, 1.54) is 71.2 Å². The van der Waals surface area contributed by atoms with E-state index in [0.717, 1.165) is 110 Å². The number of hydrogen-bond acceptors (Lipinski definition) is 9. The molecule has 74 heavy (non-hydrogen) atoms. The summed E-state index contributed by atoms with van der Waals surface area (Å²) < 4.78 is 20.9. The first-order chi connectivity index (χ1) is 36.0. The molecule has 0 aliphatic carbocycles. The van der Waals surface area contributed by atoms with Crippen LogP contribution in [0.2, 0.25) is 0 Å². The molecule has 4 heterocycles. The van der Waals surface area contributed by atoms with Gasteiger partial charge in [-0.3, -0.25) is 9.69 Å². The summed E-state index contributed by atoms with van der Waals surface area (Å²) in [4.78, 5) is 31.1. The highest BCUT2D eigenvalue weighted by atomic mass is 16.5. The van der Waals surface area contributed by atoms with Crippen LogP contribution in [-0.4, -0.2) is 128 Å². The summed E-state index contributed by atoms with van der Waals surface area (Å²) in [5, 5.41) is 4.84. The van der Waals surface area contributed by atoms with E-state index < -0.39 is 0 Å². The second kappa shape index (κ2) is 30.9. The Kier molecular flexibility index (Phi) is 24.1. The van der Waals surface area contributed by atoms with Crippen molar-refractivity contribution in [3.8, 4) is 23.0 Å². The van der Waals surface area contributed by atoms with Crippen LogP contribution in [-0.2, 0) is 30.5 Å². The Hall–Kier alpha value is -7.03. The minimum atomic E-state index is -0.310. The lowest BCUT2D eigenvalue weighted by atomic mass is 10.1. The summed E-state index contributed by atoms with van der Waals surface area (Å²) in [6, 6.07) is 24.0. The molecule has 0 unspecified atom stereocenters. The van der Waals surface area contributed by atoms with E-state index in [9.17, 15) is 4.79 Å². The summed E-state index contributed by atoms with van der Waals surface area (Å²) in [6.45, 7) is 26.1. The molecule has 4 aromatic heterocycles. The number of carbonyl (C=O) groups is 1. The zero-order valence-electron chi connectivity index (χ0n) is 45.2. The van der Waals surface area contributed by atoms with Gasteiger partial charge in [-0.15, -0.1) is 19.7 Å². The number of benzene rings is 4. The van der Waals surface area contributed by atoms with Crippen LogP contribution in [0.3, 0.4) is 0 Å². The molecular weight excluding hydrogens is 925 g/mol. The van der Waals surface area contributed by atoms with Gasteiger partial charge in [0.15, 0.2) is 0 Å². The average Bonchev–Trinajstić information content (AvgIpc) is 4.22. The topological polar surface area (TPSA) is 153 Å². The van der Waals surface area contributed by atoms with Crippen molar-refractivity contribution in [2.24, 2.45) is 5.73 Å². The molecule has 0 bridgehead atoms. The first-order valence-electron chi connectivity index (χ1n) is 25.9. The molecule has 0 amide bonds. The third kappa shape index (κ3) is 17.3. The van der Waals surface area contributed by atoms with Crippen LogP contribution >= 0.6 is 0 Å². The smallest absolute Gasteiger partial charge is 0.308 e. The number of nitrogens with two attached hydrogens (primary N) is 1. The number of nitrogens with one attached hydrogen (secondary N) is 4. The largest absolute Gasteiger partial charge is 0.497 e. The molecule has 13 nitrogen and oxygen atoms in total. The minimum absolute atomic E-state index is 0.310. The van der Waals surface area contributed by atoms with E-state index in [1.807, 2.05) is 54.8 Å². The number of H-pyrrole nitrogens is 4. The van der Waals surface area contributed by atoms with Crippen LogP contribution < -0.4 is 24.7 Å². The van der Waals surface area contributed by atoms with E-state index in [-0.39, 0.29) is 5.97 Å². The summed E-state index contributed by atoms with van der Waals surface area (Å²) >= 11 is 0. The van der Waals surface area contributed by atoms with Gasteiger partial charge in [-0.05, 0) is 160 Å². The van der Waals surface area contributed by atoms with E-state index in [2.05, 4.69) is 130 Å². The van der Waals surface area contributed by atoms with Crippen LogP contribution in [0.15, 0.2) is 136 Å². The number of nitrogens with zero attached hydrogens (tertiary/aromatic N) is 3. The number of likely N-dealkylation sites (N-methyl/N-ethyl adjacent to an activating group) is 1. The van der Waals surface area contributed by atoms with Gasteiger partial charge in [-0.25, -0.2) is 0 Å². The van der Waals surface area contributed by atoms with Crippen molar-refractivity contribution in [2.75, 3.05) is 87.3 Å². The maximum atomic E-state index is 10.8. The number of carbonyl (C=O) groups excluding carboxylic acids is 1. The average molecular weight is 1010 g/mol. The molecule has 4 aromatic carbocycles. The number of methoxy groups -OCH3 is 3. The van der Waals surface area contributed by atoms with E-state index in [4.69, 9.17) is 24.7 Å². The summed E-state index contributed by atoms with van der Waals surface area (Å²) in [7, 11) is 7.23. The molecule has 0 radical (unpaired) electrons. The molecule has 0 atom stereocenters. The highest BCUT2D eigenvalue weighted by Gasteiger charge is 2.11. The lowest BCUT2D eigenvalue weighted by molar-refractivity contribution is -0.131. The first kappa shape index (κ1) is 57.9. The molecule has 396 valence electrons. The molecule has 8 rings (SSSR count). The maximum absolute atomic E-state index is 10.8. The highest BCUT2D eigenvalue weighted by molar-refractivity contribution is 5.87. The van der Waals surface area contributed by atoms with Crippen LogP contribution in [0.5, 0.6) is 23.0 Å². The van der Waals surface area contributed by atoms with Crippen LogP contribution in [0, 0.1) is 0 Å². The van der Waals surface area contributed by atoms with E-state index >= 15 is 0 Å². The molecule has 0 aliphatic rings. The Balaban J connectivity index is 0.000000183. The number of aromatic amines is 4. The third-order valence-corrected chi connectivity index (χ3v) is 12.8. The Labute approximate surface area is 439 Å².